The summed E-state index contributed by atoms with van der Waals surface area (Å²) in [5.74, 6) is 0.690. The first kappa shape index (κ1) is 18.5. The number of aromatic nitrogens is 2. The monoisotopic (exact) mass is 391 g/mol. The molecule has 0 bridgehead atoms. The van der Waals surface area contributed by atoms with Gasteiger partial charge in [-0.1, -0.05) is 32.5 Å². The highest BCUT2D eigenvalue weighted by Crippen LogP contribution is 2.42. The molecule has 2 aliphatic rings. The summed E-state index contributed by atoms with van der Waals surface area (Å²) in [6, 6.07) is 0. The van der Waals surface area contributed by atoms with Crippen LogP contribution >= 0.6 is 23.1 Å². The molecule has 26 heavy (non-hydrogen) atoms. The average molecular weight is 392 g/mol. The van der Waals surface area contributed by atoms with Gasteiger partial charge in [-0.3, -0.25) is 4.79 Å². The molecule has 6 heteroatoms. The minimum absolute atomic E-state index is 0.0668. The molecule has 2 aromatic heterocycles. The predicted octanol–water partition coefficient (Wildman–Crippen LogP) is 4.32. The first-order valence-corrected chi connectivity index (χ1v) is 11.4. The highest BCUT2D eigenvalue weighted by atomic mass is 32.2. The number of nitrogens with one attached hydrogen (secondary N) is 1. The Morgan fingerprint density at radius 3 is 2.65 bits per heavy atom. The fraction of sp³-hybridized carbons (Fsp3) is 0.700. The van der Waals surface area contributed by atoms with E-state index in [1.54, 1.807) is 23.1 Å². The highest BCUT2D eigenvalue weighted by molar-refractivity contribution is 7.99. The summed E-state index contributed by atoms with van der Waals surface area (Å²) in [5.41, 5.74) is 1.66. The van der Waals surface area contributed by atoms with Crippen LogP contribution in [-0.4, -0.2) is 40.3 Å². The van der Waals surface area contributed by atoms with Gasteiger partial charge in [0, 0.05) is 10.1 Å². The number of likely N-dealkylation sites (tertiary alicyclic amines) is 1. The van der Waals surface area contributed by atoms with Crippen LogP contribution in [0.4, 0.5) is 0 Å². The van der Waals surface area contributed by atoms with Gasteiger partial charge in [-0.05, 0) is 69.1 Å². The van der Waals surface area contributed by atoms with Crippen LogP contribution in [0.2, 0.25) is 0 Å². The van der Waals surface area contributed by atoms with E-state index in [0.29, 0.717) is 16.6 Å². The average Bonchev–Trinajstić information content (AvgIpc) is 2.94. The molecule has 0 aromatic carbocycles. The standard InChI is InChI=1S/C20H29N3OS2/c1-20(2,3)12-5-6-14-15(11-12)26-18-16(14)17(24)21-19(22-18)25-13-7-9-23(4)10-8-13/h12-13H,5-11H2,1-4H3,(H,21,22,24). The fourth-order valence-corrected chi connectivity index (χ4v) is 6.64. The number of piperidine rings is 1. The van der Waals surface area contributed by atoms with E-state index in [0.717, 1.165) is 54.1 Å². The Kier molecular flexibility index (Phi) is 4.95. The second kappa shape index (κ2) is 6.95. The maximum atomic E-state index is 12.8. The van der Waals surface area contributed by atoms with E-state index in [1.165, 1.54) is 16.9 Å². The van der Waals surface area contributed by atoms with Gasteiger partial charge >= 0.3 is 0 Å². The van der Waals surface area contributed by atoms with Crippen LogP contribution in [0.25, 0.3) is 10.2 Å². The minimum Gasteiger partial charge on any atom is -0.306 e. The zero-order valence-corrected chi connectivity index (χ0v) is 17.9. The fourth-order valence-electron chi connectivity index (χ4n) is 4.22. The predicted molar refractivity (Wildman–Crippen MR) is 112 cm³/mol. The van der Waals surface area contributed by atoms with Crippen molar-refractivity contribution in [2.45, 2.75) is 63.3 Å². The lowest BCUT2D eigenvalue weighted by Gasteiger charge is -2.33. The normalized spacial score (nSPS) is 22.7. The molecular weight excluding hydrogens is 362 g/mol. The number of H-pyrrole nitrogens is 1. The van der Waals surface area contributed by atoms with Gasteiger partial charge in [0.2, 0.25) is 0 Å². The molecule has 0 radical (unpaired) electrons. The summed E-state index contributed by atoms with van der Waals surface area (Å²) in [6.07, 6.45) is 5.61. The molecule has 1 aliphatic carbocycles. The number of hydrogen-bond acceptors (Lipinski definition) is 5. The number of rotatable bonds is 2. The van der Waals surface area contributed by atoms with Crippen LogP contribution in [0.1, 0.15) is 50.5 Å². The van der Waals surface area contributed by atoms with Crippen LogP contribution < -0.4 is 5.56 Å². The molecular formula is C20H29N3OS2. The van der Waals surface area contributed by atoms with E-state index in [4.69, 9.17) is 4.98 Å². The third kappa shape index (κ3) is 3.60. The summed E-state index contributed by atoms with van der Waals surface area (Å²) >= 11 is 3.52. The van der Waals surface area contributed by atoms with E-state index in [1.807, 2.05) is 0 Å². The number of aryl methyl sites for hydroxylation is 1. The van der Waals surface area contributed by atoms with Crippen molar-refractivity contribution in [3.05, 3.63) is 20.8 Å². The lowest BCUT2D eigenvalue weighted by atomic mass is 9.72. The van der Waals surface area contributed by atoms with Crippen molar-refractivity contribution in [1.82, 2.24) is 14.9 Å². The molecule has 0 amide bonds. The lowest BCUT2D eigenvalue weighted by molar-refractivity contribution is 0.218. The third-order valence-corrected chi connectivity index (χ3v) is 8.44. The van der Waals surface area contributed by atoms with Crippen LogP contribution in [0.3, 0.4) is 0 Å². The first-order chi connectivity index (χ1) is 12.3. The molecule has 1 atom stereocenters. The topological polar surface area (TPSA) is 49.0 Å². The Morgan fingerprint density at radius 1 is 1.23 bits per heavy atom. The zero-order valence-electron chi connectivity index (χ0n) is 16.2. The molecule has 1 fully saturated rings. The maximum absolute atomic E-state index is 12.8. The van der Waals surface area contributed by atoms with E-state index >= 15 is 0 Å². The van der Waals surface area contributed by atoms with Crippen molar-refractivity contribution < 1.29 is 0 Å². The van der Waals surface area contributed by atoms with Crippen molar-refractivity contribution in [2.75, 3.05) is 20.1 Å². The van der Waals surface area contributed by atoms with Crippen molar-refractivity contribution >= 4 is 33.3 Å². The summed E-state index contributed by atoms with van der Waals surface area (Å²) in [4.78, 5) is 25.4. The second-order valence-corrected chi connectivity index (χ2v) is 11.4. The second-order valence-electron chi connectivity index (χ2n) is 8.98. The Bertz CT molecular complexity index is 856. The van der Waals surface area contributed by atoms with Crippen LogP contribution in [0.5, 0.6) is 0 Å². The first-order valence-electron chi connectivity index (χ1n) is 9.71. The quantitative estimate of drug-likeness (QED) is 0.775. The van der Waals surface area contributed by atoms with Crippen LogP contribution in [-0.2, 0) is 12.8 Å². The highest BCUT2D eigenvalue weighted by Gasteiger charge is 2.31. The number of thiophene rings is 1. The van der Waals surface area contributed by atoms with Crippen LogP contribution in [0, 0.1) is 11.3 Å². The summed E-state index contributed by atoms with van der Waals surface area (Å²) in [6.45, 7) is 9.25. The van der Waals surface area contributed by atoms with Gasteiger partial charge in [0.15, 0.2) is 5.16 Å². The molecule has 1 N–H and O–H groups in total. The van der Waals surface area contributed by atoms with Gasteiger partial charge in [-0.25, -0.2) is 4.98 Å². The molecule has 1 aliphatic heterocycles. The number of thioether (sulfide) groups is 1. The van der Waals surface area contributed by atoms with Crippen molar-refractivity contribution in [2.24, 2.45) is 11.3 Å². The summed E-state index contributed by atoms with van der Waals surface area (Å²) in [7, 11) is 2.17. The van der Waals surface area contributed by atoms with Crippen molar-refractivity contribution in [1.29, 1.82) is 0 Å². The summed E-state index contributed by atoms with van der Waals surface area (Å²) < 4.78 is 0. The van der Waals surface area contributed by atoms with Gasteiger partial charge in [-0.15, -0.1) is 11.3 Å². The number of nitrogens with zero attached hydrogens (tertiary/aromatic N) is 2. The Balaban J connectivity index is 1.61. The van der Waals surface area contributed by atoms with Gasteiger partial charge in [0.25, 0.3) is 5.56 Å². The van der Waals surface area contributed by atoms with Gasteiger partial charge in [0.05, 0.1) is 5.39 Å². The largest absolute Gasteiger partial charge is 0.306 e. The van der Waals surface area contributed by atoms with Crippen molar-refractivity contribution in [3.63, 3.8) is 0 Å². The Morgan fingerprint density at radius 2 is 1.96 bits per heavy atom. The number of aromatic amines is 1. The number of hydrogen-bond donors (Lipinski definition) is 1. The van der Waals surface area contributed by atoms with Gasteiger partial charge in [-0.2, -0.15) is 0 Å². The van der Waals surface area contributed by atoms with E-state index < -0.39 is 0 Å². The molecule has 1 saturated heterocycles. The van der Waals surface area contributed by atoms with Gasteiger partial charge < -0.3 is 9.88 Å². The van der Waals surface area contributed by atoms with E-state index in [-0.39, 0.29) is 5.56 Å². The molecule has 142 valence electrons. The number of fused-ring (bicyclic) bond motifs is 3. The third-order valence-electron chi connectivity index (χ3n) is 6.07. The molecule has 2 aromatic rings. The molecule has 0 saturated carbocycles. The molecule has 4 nitrogen and oxygen atoms in total. The van der Waals surface area contributed by atoms with Gasteiger partial charge in [0.1, 0.15) is 4.83 Å². The smallest absolute Gasteiger partial charge is 0.260 e. The molecule has 1 unspecified atom stereocenters. The molecule has 4 rings (SSSR count). The summed E-state index contributed by atoms with van der Waals surface area (Å²) in [5, 5.41) is 2.24. The van der Waals surface area contributed by atoms with Crippen molar-refractivity contribution in [3.8, 4) is 0 Å². The lowest BCUT2D eigenvalue weighted by Crippen LogP contribution is -2.31. The molecule has 0 spiro atoms. The Hall–Kier alpha value is -0.850. The SMILES string of the molecule is CN1CCC(Sc2nc3sc4c(c3c(=O)[nH]2)CCC(C(C)(C)C)C4)CC1. The Labute approximate surface area is 163 Å². The minimum atomic E-state index is 0.0668. The zero-order chi connectivity index (χ0) is 18.5. The van der Waals surface area contributed by atoms with E-state index in [2.05, 4.69) is 37.7 Å². The molecule has 3 heterocycles. The van der Waals surface area contributed by atoms with E-state index in [9.17, 15) is 4.79 Å². The maximum Gasteiger partial charge on any atom is 0.260 e. The van der Waals surface area contributed by atoms with Crippen LogP contribution in [0.15, 0.2) is 9.95 Å².